The van der Waals surface area contributed by atoms with Crippen LogP contribution in [0, 0.1) is 11.3 Å². The molecule has 0 aromatic heterocycles. The molecule has 1 fully saturated rings. The highest BCUT2D eigenvalue weighted by atomic mass is 16.5. The number of hydrogen-bond acceptors (Lipinski definition) is 3. The van der Waals surface area contributed by atoms with E-state index in [-0.39, 0.29) is 17.7 Å². The zero-order valence-electron chi connectivity index (χ0n) is 9.91. The Hall–Kier alpha value is -1.12. The molecule has 0 aromatic carbocycles. The second-order valence-electron chi connectivity index (χ2n) is 4.79. The minimum absolute atomic E-state index is 0.0848. The molecule has 0 amide bonds. The summed E-state index contributed by atoms with van der Waals surface area (Å²) in [7, 11) is 0. The number of ether oxygens (including phenoxy) is 1. The molecule has 0 aromatic rings. The first-order valence-corrected chi connectivity index (χ1v) is 6.02. The number of fused-ring (bicyclic) bond motifs is 1. The molecule has 0 saturated heterocycles. The summed E-state index contributed by atoms with van der Waals surface area (Å²) in [5.41, 5.74) is 0.527. The summed E-state index contributed by atoms with van der Waals surface area (Å²) >= 11 is 0. The minimum atomic E-state index is -0.482. The standard InChI is InChI=1S/C13H18O3/c1-3-16-12(15)13-6-4-5-10(13)8-11(14)7-9(13)2/h8-9H,3-7H2,1-2H3. The van der Waals surface area contributed by atoms with Crippen LogP contribution in [0.15, 0.2) is 11.6 Å². The Balaban J connectivity index is 2.38. The molecule has 2 aliphatic carbocycles. The molecule has 0 N–H and O–H groups in total. The molecule has 3 nitrogen and oxygen atoms in total. The number of rotatable bonds is 2. The Labute approximate surface area is 95.9 Å². The third-order valence-corrected chi connectivity index (χ3v) is 3.91. The summed E-state index contributed by atoms with van der Waals surface area (Å²) in [5.74, 6) is 0.115. The van der Waals surface area contributed by atoms with Gasteiger partial charge in [0, 0.05) is 6.42 Å². The zero-order valence-corrected chi connectivity index (χ0v) is 9.91. The SMILES string of the molecule is CCOC(=O)C12CCCC1=CC(=O)CC2C. The van der Waals surface area contributed by atoms with Crippen LogP contribution in [-0.2, 0) is 14.3 Å². The summed E-state index contributed by atoms with van der Waals surface area (Å²) < 4.78 is 5.20. The summed E-state index contributed by atoms with van der Waals surface area (Å²) in [6, 6.07) is 0. The normalized spacial score (nSPS) is 33.2. The second-order valence-corrected chi connectivity index (χ2v) is 4.79. The lowest BCUT2D eigenvalue weighted by atomic mass is 9.67. The van der Waals surface area contributed by atoms with Gasteiger partial charge < -0.3 is 4.74 Å². The Bertz CT molecular complexity index is 356. The smallest absolute Gasteiger partial charge is 0.316 e. The number of hydrogen-bond donors (Lipinski definition) is 0. The van der Waals surface area contributed by atoms with Crippen molar-refractivity contribution in [3.63, 3.8) is 0 Å². The Morgan fingerprint density at radius 3 is 3.06 bits per heavy atom. The molecule has 3 heteroatoms. The highest BCUT2D eigenvalue weighted by Gasteiger charge is 2.52. The predicted molar refractivity (Wildman–Crippen MR) is 59.8 cm³/mol. The van der Waals surface area contributed by atoms with Gasteiger partial charge in [0.25, 0.3) is 0 Å². The molecule has 0 heterocycles. The molecule has 1 saturated carbocycles. The molecular weight excluding hydrogens is 204 g/mol. The lowest BCUT2D eigenvalue weighted by molar-refractivity contribution is -0.156. The van der Waals surface area contributed by atoms with E-state index in [2.05, 4.69) is 0 Å². The van der Waals surface area contributed by atoms with Crippen LogP contribution in [0.1, 0.15) is 39.5 Å². The summed E-state index contributed by atoms with van der Waals surface area (Å²) in [6.07, 6.45) is 4.86. The monoisotopic (exact) mass is 222 g/mol. The van der Waals surface area contributed by atoms with Crippen molar-refractivity contribution < 1.29 is 14.3 Å². The van der Waals surface area contributed by atoms with Crippen LogP contribution < -0.4 is 0 Å². The summed E-state index contributed by atoms with van der Waals surface area (Å²) in [5, 5.41) is 0. The second kappa shape index (κ2) is 4.04. The van der Waals surface area contributed by atoms with Gasteiger partial charge in [-0.1, -0.05) is 6.92 Å². The lowest BCUT2D eigenvalue weighted by Gasteiger charge is -2.36. The van der Waals surface area contributed by atoms with Crippen molar-refractivity contribution in [3.05, 3.63) is 11.6 Å². The molecule has 2 atom stereocenters. The van der Waals surface area contributed by atoms with E-state index in [1.54, 1.807) is 6.08 Å². The first kappa shape index (κ1) is 11.4. The number of carbonyl (C=O) groups excluding carboxylic acids is 2. The van der Waals surface area contributed by atoms with Crippen molar-refractivity contribution in [1.82, 2.24) is 0 Å². The number of ketones is 1. The lowest BCUT2D eigenvalue weighted by Crippen LogP contribution is -2.41. The quantitative estimate of drug-likeness (QED) is 0.673. The van der Waals surface area contributed by atoms with Gasteiger partial charge in [-0.05, 0) is 43.8 Å². The van der Waals surface area contributed by atoms with Gasteiger partial charge in [-0.3, -0.25) is 9.59 Å². The van der Waals surface area contributed by atoms with E-state index in [1.165, 1.54) is 0 Å². The van der Waals surface area contributed by atoms with Gasteiger partial charge in [-0.15, -0.1) is 0 Å². The fourth-order valence-corrected chi connectivity index (χ4v) is 3.13. The average molecular weight is 222 g/mol. The van der Waals surface area contributed by atoms with E-state index < -0.39 is 5.41 Å². The van der Waals surface area contributed by atoms with Crippen LogP contribution in [0.5, 0.6) is 0 Å². The van der Waals surface area contributed by atoms with Crippen molar-refractivity contribution in [2.75, 3.05) is 6.61 Å². The van der Waals surface area contributed by atoms with Crippen LogP contribution in [0.4, 0.5) is 0 Å². The van der Waals surface area contributed by atoms with Gasteiger partial charge in [0.15, 0.2) is 5.78 Å². The zero-order chi connectivity index (χ0) is 11.8. The average Bonchev–Trinajstić information content (AvgIpc) is 2.62. The van der Waals surface area contributed by atoms with Crippen molar-refractivity contribution in [3.8, 4) is 0 Å². The fourth-order valence-electron chi connectivity index (χ4n) is 3.13. The molecule has 88 valence electrons. The molecular formula is C13H18O3. The highest BCUT2D eigenvalue weighted by molar-refractivity contribution is 5.96. The van der Waals surface area contributed by atoms with Gasteiger partial charge in [-0.2, -0.15) is 0 Å². The third kappa shape index (κ3) is 1.49. The number of allylic oxidation sites excluding steroid dienone is 1. The minimum Gasteiger partial charge on any atom is -0.465 e. The highest BCUT2D eigenvalue weighted by Crippen LogP contribution is 2.52. The van der Waals surface area contributed by atoms with E-state index in [4.69, 9.17) is 4.74 Å². The van der Waals surface area contributed by atoms with Gasteiger partial charge in [-0.25, -0.2) is 0 Å². The van der Waals surface area contributed by atoms with Crippen LogP contribution in [0.2, 0.25) is 0 Å². The molecule has 0 bridgehead atoms. The molecule has 16 heavy (non-hydrogen) atoms. The van der Waals surface area contributed by atoms with Crippen LogP contribution >= 0.6 is 0 Å². The van der Waals surface area contributed by atoms with Crippen molar-refractivity contribution in [1.29, 1.82) is 0 Å². The molecule has 0 spiro atoms. The summed E-state index contributed by atoms with van der Waals surface area (Å²) in [4.78, 5) is 23.7. The number of esters is 1. The summed E-state index contributed by atoms with van der Waals surface area (Å²) in [6.45, 7) is 4.23. The van der Waals surface area contributed by atoms with E-state index >= 15 is 0 Å². The maximum absolute atomic E-state index is 12.1. The molecule has 2 aliphatic rings. The first-order valence-electron chi connectivity index (χ1n) is 6.02. The molecule has 2 rings (SSSR count). The molecule has 2 unspecified atom stereocenters. The van der Waals surface area contributed by atoms with Gasteiger partial charge in [0.1, 0.15) is 0 Å². The van der Waals surface area contributed by atoms with E-state index in [9.17, 15) is 9.59 Å². The Morgan fingerprint density at radius 1 is 1.62 bits per heavy atom. The van der Waals surface area contributed by atoms with Gasteiger partial charge in [0.2, 0.25) is 0 Å². The Morgan fingerprint density at radius 2 is 2.38 bits per heavy atom. The fraction of sp³-hybridized carbons (Fsp3) is 0.692. The molecule has 0 radical (unpaired) electrons. The predicted octanol–water partition coefficient (Wildman–Crippen LogP) is 2.26. The van der Waals surface area contributed by atoms with Gasteiger partial charge in [0.05, 0.1) is 12.0 Å². The topological polar surface area (TPSA) is 43.4 Å². The van der Waals surface area contributed by atoms with Crippen LogP contribution in [0.25, 0.3) is 0 Å². The van der Waals surface area contributed by atoms with E-state index in [1.807, 2.05) is 13.8 Å². The Kier molecular flexibility index (Phi) is 2.87. The van der Waals surface area contributed by atoms with Crippen LogP contribution in [-0.4, -0.2) is 18.4 Å². The van der Waals surface area contributed by atoms with Crippen LogP contribution in [0.3, 0.4) is 0 Å². The van der Waals surface area contributed by atoms with Gasteiger partial charge >= 0.3 is 5.97 Å². The van der Waals surface area contributed by atoms with E-state index in [0.29, 0.717) is 13.0 Å². The van der Waals surface area contributed by atoms with Crippen molar-refractivity contribution in [2.45, 2.75) is 39.5 Å². The third-order valence-electron chi connectivity index (χ3n) is 3.91. The first-order chi connectivity index (χ1) is 7.61. The maximum atomic E-state index is 12.1. The largest absolute Gasteiger partial charge is 0.465 e. The molecule has 0 aliphatic heterocycles. The van der Waals surface area contributed by atoms with Crippen molar-refractivity contribution in [2.24, 2.45) is 11.3 Å². The van der Waals surface area contributed by atoms with E-state index in [0.717, 1.165) is 24.8 Å². The maximum Gasteiger partial charge on any atom is 0.316 e. The number of carbonyl (C=O) groups is 2. The van der Waals surface area contributed by atoms with Crippen molar-refractivity contribution >= 4 is 11.8 Å².